The molecule has 1 fully saturated rings. The van der Waals surface area contributed by atoms with Crippen LogP contribution in [0.3, 0.4) is 0 Å². The van der Waals surface area contributed by atoms with E-state index in [1.165, 1.54) is 24.8 Å². The number of nitrogens with one attached hydrogen (secondary N) is 5. The van der Waals surface area contributed by atoms with E-state index in [0.717, 1.165) is 17.7 Å². The van der Waals surface area contributed by atoms with E-state index in [1.807, 2.05) is 6.92 Å². The van der Waals surface area contributed by atoms with E-state index in [-0.39, 0.29) is 55.4 Å². The number of nitrogens with two attached hydrogens (primary N) is 3. The van der Waals surface area contributed by atoms with Crippen molar-refractivity contribution in [3.05, 3.63) is 35.4 Å². The zero-order valence-electron chi connectivity index (χ0n) is 38.9. The second-order valence-electron chi connectivity index (χ2n) is 17.6. The topological polar surface area (TPSA) is 359 Å². The molecule has 374 valence electrons. The van der Waals surface area contributed by atoms with Crippen molar-refractivity contribution >= 4 is 64.5 Å². The van der Waals surface area contributed by atoms with Crippen LogP contribution in [0.5, 0.6) is 5.75 Å². The third kappa shape index (κ3) is 16.3. The second-order valence-corrected chi connectivity index (χ2v) is 18.7. The number of carbonyl (C=O) groups excluding carboxylic acids is 8. The Hall–Kier alpha value is -5.13. The first-order valence-electron chi connectivity index (χ1n) is 22.7. The first kappa shape index (κ1) is 56.2. The van der Waals surface area contributed by atoms with E-state index in [4.69, 9.17) is 17.2 Å². The normalized spacial score (nSPS) is 23.8. The Morgan fingerprint density at radius 2 is 1.72 bits per heavy atom. The van der Waals surface area contributed by atoms with Gasteiger partial charge in [-0.25, -0.2) is 0 Å². The van der Waals surface area contributed by atoms with E-state index >= 15 is 0 Å². The van der Waals surface area contributed by atoms with Crippen LogP contribution in [0.2, 0.25) is 0 Å². The molecule has 2 aliphatic rings. The summed E-state index contributed by atoms with van der Waals surface area (Å²) in [5, 5.41) is 55.6. The van der Waals surface area contributed by atoms with Gasteiger partial charge in [0.25, 0.3) is 0 Å². The minimum Gasteiger partial charge on any atom is -0.508 e. The van der Waals surface area contributed by atoms with Gasteiger partial charge in [0, 0.05) is 55.0 Å². The molecule has 22 heteroatoms. The number of aromatic hydroxyl groups is 1. The number of phenolic OH excluding ortho intramolecular Hbond substituents is 1. The van der Waals surface area contributed by atoms with E-state index in [9.17, 15) is 58.8 Å². The summed E-state index contributed by atoms with van der Waals surface area (Å²) in [5.41, 5.74) is 18.4. The van der Waals surface area contributed by atoms with E-state index in [1.54, 1.807) is 19.9 Å². The van der Waals surface area contributed by atoms with Crippen LogP contribution in [-0.2, 0) is 50.5 Å². The Kier molecular flexibility index (Phi) is 22.7. The monoisotopic (exact) mass is 961 g/mol. The molecule has 2 heterocycles. The number of unbranched alkanes of at least 4 members (excludes halogenated alkanes) is 1. The Balaban J connectivity index is 2.22. The fraction of sp³-hybridized carbons (Fsp3) is 0.644. The highest BCUT2D eigenvalue weighted by Gasteiger charge is 2.44. The lowest BCUT2D eigenvalue weighted by molar-refractivity contribution is -0.144. The van der Waals surface area contributed by atoms with Gasteiger partial charge in [-0.05, 0) is 67.2 Å². The molecule has 1 saturated heterocycles. The van der Waals surface area contributed by atoms with Gasteiger partial charge in [0.05, 0.1) is 38.3 Å². The number of benzene rings is 1. The summed E-state index contributed by atoms with van der Waals surface area (Å²) in [5.74, 6) is -7.88. The average molecular weight is 962 g/mol. The molecule has 1 aromatic carbocycles. The van der Waals surface area contributed by atoms with Gasteiger partial charge < -0.3 is 69.1 Å². The number of phenols is 1. The Morgan fingerprint density at radius 1 is 1.01 bits per heavy atom. The number of amides is 7. The molecular weight excluding hydrogens is 891 g/mol. The average Bonchev–Trinajstić information content (AvgIpc) is 3.68. The first-order valence-corrected chi connectivity index (χ1v) is 23.9. The second kappa shape index (κ2) is 27.0. The highest BCUT2D eigenvalue weighted by Crippen LogP contribution is 2.35. The maximum atomic E-state index is 14.6. The molecule has 21 nitrogen and oxygen atoms in total. The van der Waals surface area contributed by atoms with Crippen LogP contribution >= 0.6 is 11.8 Å². The molecule has 0 aromatic heterocycles. The summed E-state index contributed by atoms with van der Waals surface area (Å²) in [6.45, 7) is 9.39. The Bertz CT molecular complexity index is 1960. The van der Waals surface area contributed by atoms with Crippen LogP contribution in [-0.4, -0.2) is 153 Å². The number of hydrogen-bond acceptors (Lipinski definition) is 15. The van der Waals surface area contributed by atoms with Crippen molar-refractivity contribution in [3.63, 3.8) is 0 Å². The lowest BCUT2D eigenvalue weighted by Gasteiger charge is -2.33. The smallest absolute Gasteiger partial charge is 0.246 e. The van der Waals surface area contributed by atoms with Crippen LogP contribution in [0.25, 0.3) is 5.57 Å². The number of aliphatic hydroxyl groups is 3. The highest BCUT2D eigenvalue weighted by atomic mass is 32.2. The number of hydrogen-bond donors (Lipinski definition) is 12. The Morgan fingerprint density at radius 3 is 2.34 bits per heavy atom. The molecule has 1 unspecified atom stereocenters. The van der Waals surface area contributed by atoms with Crippen molar-refractivity contribution in [2.45, 2.75) is 127 Å². The predicted molar refractivity (Wildman–Crippen MR) is 250 cm³/mol. The molecular formula is C45H71N9O12S. The third-order valence-electron chi connectivity index (χ3n) is 12.3. The van der Waals surface area contributed by atoms with Crippen molar-refractivity contribution in [2.75, 3.05) is 38.5 Å². The molecule has 7 amide bonds. The first-order chi connectivity index (χ1) is 31.7. The van der Waals surface area contributed by atoms with Gasteiger partial charge in [-0.2, -0.15) is 11.8 Å². The van der Waals surface area contributed by atoms with Crippen molar-refractivity contribution in [2.24, 2.45) is 35.0 Å². The van der Waals surface area contributed by atoms with Crippen molar-refractivity contribution in [1.82, 2.24) is 31.5 Å². The van der Waals surface area contributed by atoms with Gasteiger partial charge in [0.2, 0.25) is 41.4 Å². The fourth-order valence-corrected chi connectivity index (χ4v) is 9.25. The van der Waals surface area contributed by atoms with Gasteiger partial charge in [-0.15, -0.1) is 0 Å². The summed E-state index contributed by atoms with van der Waals surface area (Å²) in [7, 11) is 0. The highest BCUT2D eigenvalue weighted by molar-refractivity contribution is 7.98. The SMILES string of the molecule is C=C1C[C@@H](C)NC(=O)[C@H]([C@@H](C)[C@@H](O)CO)NC(=O)[C@@H]2C[C@@H](O)CN2C(=O)C(CC(N)=O)NC(=O)[C@@H](NC(=O)CNC(=O)[C@@H](CC(=O)CN)[C@@H](C)CC)Cc2c1ccc(O)c2CSCCCCN. The van der Waals surface area contributed by atoms with Gasteiger partial charge in [-0.1, -0.05) is 39.8 Å². The minimum atomic E-state index is -1.76. The van der Waals surface area contributed by atoms with Gasteiger partial charge in [0.15, 0.2) is 0 Å². The largest absolute Gasteiger partial charge is 0.508 e. The van der Waals surface area contributed by atoms with Crippen LogP contribution in [0, 0.1) is 17.8 Å². The number of thioether (sulfide) groups is 1. The van der Waals surface area contributed by atoms with Crippen LogP contribution in [0.15, 0.2) is 18.7 Å². The summed E-state index contributed by atoms with van der Waals surface area (Å²) in [4.78, 5) is 110. The zero-order chi connectivity index (χ0) is 50.1. The molecule has 0 spiro atoms. The van der Waals surface area contributed by atoms with E-state index in [2.05, 4.69) is 33.2 Å². The lowest BCUT2D eigenvalue weighted by atomic mass is 9.86. The molecule has 0 radical (unpaired) electrons. The predicted octanol–water partition coefficient (Wildman–Crippen LogP) is -2.19. The molecule has 1 aromatic rings. The molecule has 10 atom stereocenters. The number of Topliss-reactive ketones (excluding diaryl/α,β-unsaturated/α-hetero) is 1. The number of primary amides is 1. The molecule has 15 N–H and O–H groups in total. The van der Waals surface area contributed by atoms with Crippen LogP contribution in [0.4, 0.5) is 0 Å². The molecule has 0 bridgehead atoms. The number of nitrogens with zero attached hydrogens (tertiary/aromatic N) is 1. The minimum absolute atomic E-state index is 0.0707. The molecule has 2 aliphatic heterocycles. The summed E-state index contributed by atoms with van der Waals surface area (Å²) in [6.07, 6.45) is -2.19. The van der Waals surface area contributed by atoms with E-state index in [0.29, 0.717) is 41.0 Å². The maximum Gasteiger partial charge on any atom is 0.246 e. The van der Waals surface area contributed by atoms with Gasteiger partial charge in [0.1, 0.15) is 35.7 Å². The molecule has 3 rings (SSSR count). The molecule has 67 heavy (non-hydrogen) atoms. The summed E-state index contributed by atoms with van der Waals surface area (Å²) < 4.78 is 0. The van der Waals surface area contributed by atoms with Crippen LogP contribution in [0.1, 0.15) is 89.3 Å². The number of fused-ring (bicyclic) bond motifs is 2. The number of ketones is 1. The fourth-order valence-electron chi connectivity index (χ4n) is 8.17. The summed E-state index contributed by atoms with van der Waals surface area (Å²) >= 11 is 1.48. The van der Waals surface area contributed by atoms with E-state index < -0.39 is 122 Å². The standard InChI is InChI=1S/C45H71N9O12S/c1-6-23(2)30(14-27(56)18-47)41(62)49-19-39(61)51-33-16-31-29(9-10-36(58)32(31)22-67-12-8-7-11-46)24(3)13-25(4)50-44(65)40(26(5)37(59)21-55)53-43(64)35-15-28(57)20-54(35)45(66)34(17-38(48)60)52-42(33)63/h9-10,23,25-26,28,30,33-35,37,40,55,57-59H,3,6-8,11-22,46-47H2,1-2,4-5H3,(H2,48,60)(H,49,62)(H,50,65)(H,51,61)(H,52,63)(H,53,64)/t23-,25+,26-,28+,30-,33-,34?,35-,37-,40-/m0/s1. The third-order valence-corrected chi connectivity index (χ3v) is 13.4. The lowest BCUT2D eigenvalue weighted by Crippen LogP contribution is -2.60. The molecule has 0 aliphatic carbocycles. The number of rotatable bonds is 20. The van der Waals surface area contributed by atoms with Gasteiger partial charge in [-0.3, -0.25) is 38.4 Å². The Labute approximate surface area is 395 Å². The van der Waals surface area contributed by atoms with Crippen molar-refractivity contribution in [3.8, 4) is 5.75 Å². The van der Waals surface area contributed by atoms with Gasteiger partial charge >= 0.3 is 0 Å². The molecule has 0 saturated carbocycles. The zero-order valence-corrected chi connectivity index (χ0v) is 39.7. The van der Waals surface area contributed by atoms with Crippen molar-refractivity contribution < 1.29 is 58.8 Å². The quantitative estimate of drug-likeness (QED) is 0.0618. The number of aliphatic hydroxyl groups excluding tert-OH is 3. The summed E-state index contributed by atoms with van der Waals surface area (Å²) in [6, 6.07) is -3.92. The van der Waals surface area contributed by atoms with Crippen molar-refractivity contribution in [1.29, 1.82) is 0 Å². The number of carbonyl (C=O) groups is 8. The maximum absolute atomic E-state index is 14.6. The van der Waals surface area contributed by atoms with Crippen LogP contribution < -0.4 is 43.8 Å².